The van der Waals surface area contributed by atoms with Crippen LogP contribution in [0.2, 0.25) is 5.02 Å². The smallest absolute Gasteiger partial charge is 0.248 e. The highest BCUT2D eigenvalue weighted by atomic mass is 35.5. The molecule has 0 unspecified atom stereocenters. The van der Waals surface area contributed by atoms with Gasteiger partial charge in [-0.25, -0.2) is 4.99 Å². The van der Waals surface area contributed by atoms with E-state index in [2.05, 4.69) is 20.4 Å². The Morgan fingerprint density at radius 3 is 2.79 bits per heavy atom. The number of hydrogen-bond acceptors (Lipinski definition) is 4. The number of anilines is 1. The largest absolute Gasteiger partial charge is 0.370 e. The highest BCUT2D eigenvalue weighted by Gasteiger charge is 2.08. The Hall–Kier alpha value is -2.86. The highest BCUT2D eigenvalue weighted by molar-refractivity contribution is 6.30. The van der Waals surface area contributed by atoms with Gasteiger partial charge in [-0.1, -0.05) is 28.9 Å². The first-order chi connectivity index (χ1) is 11.6. The van der Waals surface area contributed by atoms with Crippen LogP contribution in [-0.2, 0) is 6.54 Å². The van der Waals surface area contributed by atoms with Crippen LogP contribution >= 0.6 is 11.6 Å². The van der Waals surface area contributed by atoms with Gasteiger partial charge in [-0.05, 0) is 48.9 Å². The number of benzene rings is 2. The number of guanidine groups is 1. The number of hydrogen-bond donors (Lipinski definition) is 2. The van der Waals surface area contributed by atoms with Crippen molar-refractivity contribution in [3.05, 3.63) is 65.0 Å². The minimum Gasteiger partial charge on any atom is -0.370 e. The number of aliphatic imine (C=N–C) groups is 1. The molecule has 0 amide bonds. The van der Waals surface area contributed by atoms with Crippen molar-refractivity contribution in [2.75, 3.05) is 5.32 Å². The number of rotatable bonds is 4. The molecule has 0 saturated carbocycles. The molecule has 24 heavy (non-hydrogen) atoms. The van der Waals surface area contributed by atoms with Crippen LogP contribution in [0.25, 0.3) is 11.4 Å². The quantitative estimate of drug-likeness (QED) is 0.558. The zero-order chi connectivity index (χ0) is 16.9. The molecule has 0 aliphatic carbocycles. The molecule has 0 aliphatic rings. The summed E-state index contributed by atoms with van der Waals surface area (Å²) in [5.41, 5.74) is 8.71. The number of nitrogens with zero attached hydrogens (tertiary/aromatic N) is 3. The van der Waals surface area contributed by atoms with E-state index in [-0.39, 0.29) is 12.5 Å². The van der Waals surface area contributed by atoms with E-state index in [1.165, 1.54) is 0 Å². The molecule has 0 atom stereocenters. The van der Waals surface area contributed by atoms with Gasteiger partial charge in [0.1, 0.15) is 6.54 Å². The molecule has 0 fully saturated rings. The van der Waals surface area contributed by atoms with Crippen LogP contribution in [-0.4, -0.2) is 16.1 Å². The summed E-state index contributed by atoms with van der Waals surface area (Å²) in [7, 11) is 0. The second-order valence-electron chi connectivity index (χ2n) is 5.21. The van der Waals surface area contributed by atoms with Crippen molar-refractivity contribution in [3.8, 4) is 11.4 Å². The van der Waals surface area contributed by atoms with E-state index in [1.807, 2.05) is 43.3 Å². The van der Waals surface area contributed by atoms with Crippen molar-refractivity contribution < 1.29 is 4.52 Å². The Labute approximate surface area is 144 Å². The van der Waals surface area contributed by atoms with Crippen LogP contribution in [0, 0.1) is 6.92 Å². The summed E-state index contributed by atoms with van der Waals surface area (Å²) in [6.07, 6.45) is 0. The summed E-state index contributed by atoms with van der Waals surface area (Å²) in [5, 5.41) is 7.61. The van der Waals surface area contributed by atoms with Crippen LogP contribution < -0.4 is 11.1 Å². The van der Waals surface area contributed by atoms with E-state index in [1.54, 1.807) is 12.1 Å². The van der Waals surface area contributed by atoms with Gasteiger partial charge in [-0.2, -0.15) is 4.98 Å². The molecule has 0 bridgehead atoms. The zero-order valence-corrected chi connectivity index (χ0v) is 13.8. The number of nitrogens with one attached hydrogen (secondary N) is 1. The molecule has 6 nitrogen and oxygen atoms in total. The Balaban J connectivity index is 1.65. The molecular formula is C17H16ClN5O. The van der Waals surface area contributed by atoms with Gasteiger partial charge in [0.2, 0.25) is 11.7 Å². The lowest BCUT2D eigenvalue weighted by Crippen LogP contribution is -2.22. The lowest BCUT2D eigenvalue weighted by molar-refractivity contribution is 0.381. The average molecular weight is 342 g/mol. The third kappa shape index (κ3) is 4.11. The SMILES string of the molecule is Cc1cccc(NC(N)=NCc2nc(-c3ccc(Cl)cc3)no2)c1. The predicted molar refractivity (Wildman–Crippen MR) is 94.9 cm³/mol. The van der Waals surface area contributed by atoms with Gasteiger partial charge in [-0.15, -0.1) is 0 Å². The molecule has 7 heteroatoms. The van der Waals surface area contributed by atoms with Gasteiger partial charge in [0, 0.05) is 16.3 Å². The molecule has 3 rings (SSSR count). The summed E-state index contributed by atoms with van der Waals surface area (Å²) >= 11 is 5.86. The number of nitrogens with two attached hydrogens (primary N) is 1. The van der Waals surface area contributed by atoms with Crippen LogP contribution in [0.4, 0.5) is 5.69 Å². The van der Waals surface area contributed by atoms with Crippen molar-refractivity contribution in [1.82, 2.24) is 10.1 Å². The maximum absolute atomic E-state index is 5.87. The summed E-state index contributed by atoms with van der Waals surface area (Å²) in [5.74, 6) is 1.16. The maximum atomic E-state index is 5.87. The average Bonchev–Trinajstić information content (AvgIpc) is 3.03. The number of aryl methyl sites for hydroxylation is 1. The van der Waals surface area contributed by atoms with Gasteiger partial charge in [0.25, 0.3) is 0 Å². The van der Waals surface area contributed by atoms with E-state index >= 15 is 0 Å². The van der Waals surface area contributed by atoms with E-state index in [0.29, 0.717) is 16.7 Å². The van der Waals surface area contributed by atoms with Crippen LogP contribution in [0.1, 0.15) is 11.5 Å². The van der Waals surface area contributed by atoms with Crippen LogP contribution in [0.3, 0.4) is 0 Å². The van der Waals surface area contributed by atoms with Crippen LogP contribution in [0.15, 0.2) is 58.0 Å². The highest BCUT2D eigenvalue weighted by Crippen LogP contribution is 2.18. The van der Waals surface area contributed by atoms with Gasteiger partial charge in [-0.3, -0.25) is 0 Å². The predicted octanol–water partition coefficient (Wildman–Crippen LogP) is 3.63. The minimum atomic E-state index is 0.200. The standard InChI is InChI=1S/C17H16ClN5O/c1-11-3-2-4-14(9-11)21-17(19)20-10-15-22-16(23-24-15)12-5-7-13(18)8-6-12/h2-9H,10H2,1H3,(H3,19,20,21). The van der Waals surface area contributed by atoms with E-state index < -0.39 is 0 Å². The molecule has 3 aromatic rings. The maximum Gasteiger partial charge on any atom is 0.248 e. The van der Waals surface area contributed by atoms with Crippen LogP contribution in [0.5, 0.6) is 0 Å². The van der Waals surface area contributed by atoms with E-state index in [4.69, 9.17) is 21.9 Å². The van der Waals surface area contributed by atoms with E-state index in [9.17, 15) is 0 Å². The Kier molecular flexibility index (Phi) is 4.77. The first kappa shape index (κ1) is 16.0. The topological polar surface area (TPSA) is 89.3 Å². The van der Waals surface area contributed by atoms with Gasteiger partial charge in [0.05, 0.1) is 0 Å². The Morgan fingerprint density at radius 1 is 1.25 bits per heavy atom. The summed E-state index contributed by atoms with van der Waals surface area (Å²) in [6.45, 7) is 2.21. The summed E-state index contributed by atoms with van der Waals surface area (Å²) in [4.78, 5) is 8.50. The molecule has 2 aromatic carbocycles. The molecule has 0 aliphatic heterocycles. The molecular weight excluding hydrogens is 326 g/mol. The molecule has 122 valence electrons. The van der Waals surface area contributed by atoms with Gasteiger partial charge in [0.15, 0.2) is 5.96 Å². The normalized spacial score (nSPS) is 11.5. The molecule has 0 spiro atoms. The molecule has 1 aromatic heterocycles. The van der Waals surface area contributed by atoms with Gasteiger partial charge < -0.3 is 15.6 Å². The molecule has 3 N–H and O–H groups in total. The molecule has 0 radical (unpaired) electrons. The monoisotopic (exact) mass is 341 g/mol. The molecule has 1 heterocycles. The first-order valence-corrected chi connectivity index (χ1v) is 7.70. The zero-order valence-electron chi connectivity index (χ0n) is 13.0. The third-order valence-electron chi connectivity index (χ3n) is 3.25. The minimum absolute atomic E-state index is 0.200. The number of halogens is 1. The first-order valence-electron chi connectivity index (χ1n) is 7.32. The van der Waals surface area contributed by atoms with Crippen molar-refractivity contribution in [2.45, 2.75) is 13.5 Å². The second-order valence-corrected chi connectivity index (χ2v) is 5.65. The lowest BCUT2D eigenvalue weighted by Gasteiger charge is -2.05. The number of aromatic nitrogens is 2. The van der Waals surface area contributed by atoms with Crippen molar-refractivity contribution in [1.29, 1.82) is 0 Å². The van der Waals surface area contributed by atoms with Gasteiger partial charge >= 0.3 is 0 Å². The summed E-state index contributed by atoms with van der Waals surface area (Å²) in [6, 6.07) is 15.1. The van der Waals surface area contributed by atoms with E-state index in [0.717, 1.165) is 16.8 Å². The fourth-order valence-corrected chi connectivity index (χ4v) is 2.22. The lowest BCUT2D eigenvalue weighted by atomic mass is 10.2. The van der Waals surface area contributed by atoms with Crippen molar-refractivity contribution in [2.24, 2.45) is 10.7 Å². The fraction of sp³-hybridized carbons (Fsp3) is 0.118. The summed E-state index contributed by atoms with van der Waals surface area (Å²) < 4.78 is 5.18. The Morgan fingerprint density at radius 2 is 2.04 bits per heavy atom. The second kappa shape index (κ2) is 7.14. The van der Waals surface area contributed by atoms with Crippen molar-refractivity contribution in [3.63, 3.8) is 0 Å². The van der Waals surface area contributed by atoms with Crippen molar-refractivity contribution >= 4 is 23.2 Å². The fourth-order valence-electron chi connectivity index (χ4n) is 2.10. The Bertz CT molecular complexity index is 857. The molecule has 0 saturated heterocycles. The third-order valence-corrected chi connectivity index (χ3v) is 3.50.